The summed E-state index contributed by atoms with van der Waals surface area (Å²) in [5.41, 5.74) is 8.81. The summed E-state index contributed by atoms with van der Waals surface area (Å²) in [6.07, 6.45) is 5.94. The van der Waals surface area contributed by atoms with E-state index in [-0.39, 0.29) is 6.23 Å². The first-order valence-electron chi connectivity index (χ1n) is 9.44. The fraction of sp³-hybridized carbons (Fsp3) is 0.450. The molecule has 5 N–H and O–H groups in total. The molecule has 3 aliphatic heterocycles. The van der Waals surface area contributed by atoms with E-state index < -0.39 is 5.66 Å². The van der Waals surface area contributed by atoms with Gasteiger partial charge in [0.15, 0.2) is 11.5 Å². The fourth-order valence-electron chi connectivity index (χ4n) is 3.66. The first-order valence-corrected chi connectivity index (χ1v) is 9.44. The minimum Gasteiger partial charge on any atom is -0.483 e. The highest BCUT2D eigenvalue weighted by molar-refractivity contribution is 5.83. The number of nitrogens with two attached hydrogens (primary N) is 1. The van der Waals surface area contributed by atoms with Gasteiger partial charge in [0.1, 0.15) is 12.3 Å². The molecule has 4 rings (SSSR count). The second kappa shape index (κ2) is 7.25. The largest absolute Gasteiger partial charge is 0.483 e. The minimum atomic E-state index is -0.644. The van der Waals surface area contributed by atoms with Gasteiger partial charge in [-0.2, -0.15) is 0 Å². The average Bonchev–Trinajstić information content (AvgIpc) is 2.88. The van der Waals surface area contributed by atoms with Crippen LogP contribution in [0.25, 0.3) is 5.57 Å². The Kier molecular flexibility index (Phi) is 4.80. The van der Waals surface area contributed by atoms with Crippen LogP contribution >= 0.6 is 0 Å². The molecule has 3 aliphatic rings. The molecule has 27 heavy (non-hydrogen) atoms. The predicted octanol–water partition coefficient (Wildman–Crippen LogP) is 1.68. The molecule has 0 fully saturated rings. The molecule has 0 radical (unpaired) electrons. The van der Waals surface area contributed by atoms with Crippen molar-refractivity contribution in [2.45, 2.75) is 38.6 Å². The summed E-state index contributed by atoms with van der Waals surface area (Å²) < 4.78 is 12.2. The van der Waals surface area contributed by atoms with Gasteiger partial charge in [0, 0.05) is 17.8 Å². The zero-order valence-electron chi connectivity index (χ0n) is 15.8. The summed E-state index contributed by atoms with van der Waals surface area (Å²) in [6.45, 7) is 6.13. The number of hydrogen-bond acceptors (Lipinski definition) is 7. The molecule has 144 valence electrons. The van der Waals surface area contributed by atoms with E-state index in [0.29, 0.717) is 12.6 Å². The highest BCUT2D eigenvalue weighted by atomic mass is 16.6. The van der Waals surface area contributed by atoms with Crippen LogP contribution in [0.15, 0.2) is 41.0 Å². The summed E-state index contributed by atoms with van der Waals surface area (Å²) >= 11 is 0. The zero-order valence-corrected chi connectivity index (χ0v) is 15.8. The van der Waals surface area contributed by atoms with Gasteiger partial charge in [0.25, 0.3) is 0 Å². The number of benzene rings is 1. The van der Waals surface area contributed by atoms with Crippen LogP contribution in [0.5, 0.6) is 11.5 Å². The average molecular weight is 369 g/mol. The SMILES string of the molecule is CC1=CC(C)(N)NC(NC2COc3c(cccc3C3=CCNCCC3)O2)=N1. The van der Waals surface area contributed by atoms with Crippen molar-refractivity contribution in [1.82, 2.24) is 16.0 Å². The van der Waals surface area contributed by atoms with Crippen molar-refractivity contribution in [3.63, 3.8) is 0 Å². The summed E-state index contributed by atoms with van der Waals surface area (Å²) in [4.78, 5) is 4.45. The molecule has 0 amide bonds. The van der Waals surface area contributed by atoms with Crippen LogP contribution in [-0.4, -0.2) is 37.5 Å². The van der Waals surface area contributed by atoms with Crippen molar-refractivity contribution in [2.24, 2.45) is 10.7 Å². The quantitative estimate of drug-likeness (QED) is 0.634. The van der Waals surface area contributed by atoms with Gasteiger partial charge in [-0.05, 0) is 50.9 Å². The summed E-state index contributed by atoms with van der Waals surface area (Å²) in [5.74, 6) is 2.15. The lowest BCUT2D eigenvalue weighted by Gasteiger charge is -2.33. The third-order valence-corrected chi connectivity index (χ3v) is 4.75. The van der Waals surface area contributed by atoms with Crippen molar-refractivity contribution in [3.8, 4) is 11.5 Å². The van der Waals surface area contributed by atoms with E-state index in [9.17, 15) is 0 Å². The third kappa shape index (κ3) is 4.09. The Hall–Kier alpha value is -2.51. The van der Waals surface area contributed by atoms with Crippen LogP contribution in [0.2, 0.25) is 0 Å². The highest BCUT2D eigenvalue weighted by Crippen LogP contribution is 2.39. The third-order valence-electron chi connectivity index (χ3n) is 4.75. The summed E-state index contributed by atoms with van der Waals surface area (Å²) in [7, 11) is 0. The lowest BCUT2D eigenvalue weighted by atomic mass is 9.99. The molecule has 2 atom stereocenters. The van der Waals surface area contributed by atoms with Gasteiger partial charge in [-0.3, -0.25) is 0 Å². The Morgan fingerprint density at radius 2 is 2.26 bits per heavy atom. The van der Waals surface area contributed by atoms with E-state index >= 15 is 0 Å². The molecule has 0 aliphatic carbocycles. The van der Waals surface area contributed by atoms with E-state index in [1.165, 1.54) is 5.57 Å². The van der Waals surface area contributed by atoms with Gasteiger partial charge in [0.2, 0.25) is 12.2 Å². The smallest absolute Gasteiger partial charge is 0.206 e. The Morgan fingerprint density at radius 3 is 3.11 bits per heavy atom. The Morgan fingerprint density at radius 1 is 1.37 bits per heavy atom. The van der Waals surface area contributed by atoms with Crippen molar-refractivity contribution in [2.75, 3.05) is 19.7 Å². The molecule has 0 saturated heterocycles. The molecular weight excluding hydrogens is 342 g/mol. The van der Waals surface area contributed by atoms with Crippen LogP contribution < -0.4 is 31.2 Å². The molecule has 0 bridgehead atoms. The van der Waals surface area contributed by atoms with Crippen molar-refractivity contribution < 1.29 is 9.47 Å². The number of guanidine groups is 1. The van der Waals surface area contributed by atoms with Crippen molar-refractivity contribution >= 4 is 11.5 Å². The van der Waals surface area contributed by atoms with Crippen LogP contribution in [0.1, 0.15) is 32.3 Å². The fourth-order valence-corrected chi connectivity index (χ4v) is 3.66. The number of hydrogen-bond donors (Lipinski definition) is 4. The molecule has 3 heterocycles. The van der Waals surface area contributed by atoms with E-state index in [1.807, 2.05) is 32.1 Å². The van der Waals surface area contributed by atoms with Crippen LogP contribution in [0, 0.1) is 0 Å². The van der Waals surface area contributed by atoms with Crippen molar-refractivity contribution in [1.29, 1.82) is 0 Å². The number of aliphatic imine (C=N–C) groups is 1. The number of nitrogens with zero attached hydrogens (tertiary/aromatic N) is 1. The standard InChI is InChI=1S/C20H27N5O2/c1-13-11-20(2,21)25-19(23-13)24-17-12-26-18-15(6-3-7-16(18)27-17)14-5-4-9-22-10-8-14/h3,6-8,11,17,22H,4-5,9-10,12,21H2,1-2H3,(H2,23,24,25). The summed E-state index contributed by atoms with van der Waals surface area (Å²) in [6, 6.07) is 6.06. The molecule has 7 nitrogen and oxygen atoms in total. The highest BCUT2D eigenvalue weighted by Gasteiger charge is 2.28. The maximum Gasteiger partial charge on any atom is 0.206 e. The van der Waals surface area contributed by atoms with Gasteiger partial charge < -0.3 is 31.2 Å². The van der Waals surface area contributed by atoms with Gasteiger partial charge in [0.05, 0.1) is 0 Å². The zero-order chi connectivity index (χ0) is 18.9. The second-order valence-electron chi connectivity index (χ2n) is 7.39. The van der Waals surface area contributed by atoms with Crippen molar-refractivity contribution in [3.05, 3.63) is 41.6 Å². The van der Waals surface area contributed by atoms with E-state index in [4.69, 9.17) is 15.2 Å². The first kappa shape index (κ1) is 17.9. The van der Waals surface area contributed by atoms with Gasteiger partial charge >= 0.3 is 0 Å². The molecule has 2 unspecified atom stereocenters. The first-order chi connectivity index (χ1) is 13.0. The van der Waals surface area contributed by atoms with Crippen LogP contribution in [0.4, 0.5) is 0 Å². The number of fused-ring (bicyclic) bond motifs is 1. The summed E-state index contributed by atoms with van der Waals surface area (Å²) in [5, 5.41) is 9.79. The van der Waals surface area contributed by atoms with Gasteiger partial charge in [-0.1, -0.05) is 18.2 Å². The molecule has 1 aromatic rings. The second-order valence-corrected chi connectivity index (χ2v) is 7.39. The topological polar surface area (TPSA) is 92.9 Å². The molecule has 7 heteroatoms. The number of ether oxygens (including phenoxy) is 2. The monoisotopic (exact) mass is 369 g/mol. The lowest BCUT2D eigenvalue weighted by Crippen LogP contribution is -2.60. The maximum atomic E-state index is 6.16. The normalized spacial score (nSPS) is 27.5. The molecule has 0 aromatic heterocycles. The minimum absolute atomic E-state index is 0.342. The maximum absolute atomic E-state index is 6.16. The van der Waals surface area contributed by atoms with E-state index in [1.54, 1.807) is 0 Å². The van der Waals surface area contributed by atoms with Crippen LogP contribution in [0.3, 0.4) is 0 Å². The van der Waals surface area contributed by atoms with Crippen LogP contribution in [-0.2, 0) is 0 Å². The molecular formula is C20H27N5O2. The Labute approximate surface area is 159 Å². The molecule has 1 aromatic carbocycles. The number of nitrogens with one attached hydrogen (secondary N) is 3. The molecule has 0 spiro atoms. The van der Waals surface area contributed by atoms with Gasteiger partial charge in [-0.15, -0.1) is 0 Å². The Bertz CT molecular complexity index is 813. The lowest BCUT2D eigenvalue weighted by molar-refractivity contribution is 0.0795. The number of allylic oxidation sites excluding steroid dienone is 2. The number of rotatable bonds is 2. The van der Waals surface area contributed by atoms with Gasteiger partial charge in [-0.25, -0.2) is 4.99 Å². The Balaban J connectivity index is 1.50. The van der Waals surface area contributed by atoms with E-state index in [0.717, 1.165) is 48.7 Å². The van der Waals surface area contributed by atoms with E-state index in [2.05, 4.69) is 33.1 Å². The number of para-hydroxylation sites is 1. The predicted molar refractivity (Wildman–Crippen MR) is 106 cm³/mol. The molecule has 0 saturated carbocycles.